The van der Waals surface area contributed by atoms with Crippen molar-refractivity contribution < 1.29 is 17.9 Å². The van der Waals surface area contributed by atoms with Crippen molar-refractivity contribution in [2.45, 2.75) is 38.5 Å². The smallest absolute Gasteiger partial charge is 0.243 e. The van der Waals surface area contributed by atoms with Gasteiger partial charge in [-0.05, 0) is 81.1 Å². The second kappa shape index (κ2) is 9.95. The van der Waals surface area contributed by atoms with E-state index in [4.69, 9.17) is 4.74 Å². The third kappa shape index (κ3) is 5.29. The molecule has 0 spiro atoms. The number of aryl methyl sites for hydroxylation is 3. The minimum Gasteiger partial charge on any atom is -0.457 e. The molecule has 8 heteroatoms. The number of carbonyl (C=O) groups excluding carboxylic acids is 1. The van der Waals surface area contributed by atoms with Gasteiger partial charge in [-0.15, -0.1) is 0 Å². The lowest BCUT2D eigenvalue weighted by atomic mass is 9.97. The van der Waals surface area contributed by atoms with Gasteiger partial charge < -0.3 is 10.1 Å². The molecule has 0 atom stereocenters. The molecular weight excluding hydrogens is 450 g/mol. The van der Waals surface area contributed by atoms with E-state index in [9.17, 15) is 13.2 Å². The Labute approximate surface area is 200 Å². The number of sulfonamides is 1. The first kappa shape index (κ1) is 23.9. The number of aromatic nitrogens is 1. The lowest BCUT2D eigenvalue weighted by molar-refractivity contribution is -0.120. The van der Waals surface area contributed by atoms with Crippen molar-refractivity contribution in [3.63, 3.8) is 0 Å². The zero-order chi connectivity index (χ0) is 24.3. The molecule has 2 aromatic carbocycles. The predicted molar refractivity (Wildman–Crippen MR) is 132 cm³/mol. The summed E-state index contributed by atoms with van der Waals surface area (Å²) in [6, 6.07) is 14.5. The van der Waals surface area contributed by atoms with Gasteiger partial charge >= 0.3 is 0 Å². The first-order valence-electron chi connectivity index (χ1n) is 11.3. The molecule has 2 heterocycles. The average Bonchev–Trinajstić information content (AvgIpc) is 2.80. The van der Waals surface area contributed by atoms with Crippen LogP contribution in [0.5, 0.6) is 11.5 Å². The SMILES string of the molecule is Cc1cc(C)c(S(=O)(=O)N2CCC(C(=O)Nc3ccc(Oc4ccncc4)cc3)CC2)c(C)c1. The van der Waals surface area contributed by atoms with Crippen molar-refractivity contribution >= 4 is 21.6 Å². The van der Waals surface area contributed by atoms with E-state index in [1.54, 1.807) is 48.8 Å². The Morgan fingerprint density at radius 3 is 2.09 bits per heavy atom. The molecule has 7 nitrogen and oxygen atoms in total. The molecule has 1 amide bonds. The summed E-state index contributed by atoms with van der Waals surface area (Å²) in [6.45, 7) is 6.28. The maximum absolute atomic E-state index is 13.3. The number of pyridine rings is 1. The summed E-state index contributed by atoms with van der Waals surface area (Å²) in [6.07, 6.45) is 4.28. The van der Waals surface area contributed by atoms with Crippen LogP contribution in [0.25, 0.3) is 0 Å². The third-order valence-electron chi connectivity index (χ3n) is 6.03. The average molecular weight is 480 g/mol. The number of piperidine rings is 1. The highest BCUT2D eigenvalue weighted by molar-refractivity contribution is 7.89. The van der Waals surface area contributed by atoms with Gasteiger partial charge in [-0.3, -0.25) is 9.78 Å². The van der Waals surface area contributed by atoms with Gasteiger partial charge in [-0.1, -0.05) is 17.7 Å². The van der Waals surface area contributed by atoms with Crippen LogP contribution in [-0.4, -0.2) is 36.7 Å². The van der Waals surface area contributed by atoms with Crippen LogP contribution in [-0.2, 0) is 14.8 Å². The molecule has 1 saturated heterocycles. The van der Waals surface area contributed by atoms with E-state index in [2.05, 4.69) is 10.3 Å². The fraction of sp³-hybridized carbons (Fsp3) is 0.308. The van der Waals surface area contributed by atoms with Crippen LogP contribution in [0.15, 0.2) is 65.8 Å². The number of anilines is 1. The maximum Gasteiger partial charge on any atom is 0.243 e. The number of benzene rings is 2. The second-order valence-electron chi connectivity index (χ2n) is 8.70. The van der Waals surface area contributed by atoms with Crippen LogP contribution >= 0.6 is 0 Å². The molecular formula is C26H29N3O4S. The highest BCUT2D eigenvalue weighted by atomic mass is 32.2. The van der Waals surface area contributed by atoms with E-state index in [1.807, 2.05) is 32.9 Å². The minimum atomic E-state index is -3.59. The highest BCUT2D eigenvalue weighted by Gasteiger charge is 2.33. The minimum absolute atomic E-state index is 0.0949. The summed E-state index contributed by atoms with van der Waals surface area (Å²) in [5.41, 5.74) is 3.23. The molecule has 3 aromatic rings. The summed E-state index contributed by atoms with van der Waals surface area (Å²) in [7, 11) is -3.59. The maximum atomic E-state index is 13.3. The van der Waals surface area contributed by atoms with E-state index in [1.165, 1.54) is 4.31 Å². The van der Waals surface area contributed by atoms with E-state index >= 15 is 0 Å². The Bertz CT molecular complexity index is 1240. The first-order valence-corrected chi connectivity index (χ1v) is 12.7. The summed E-state index contributed by atoms with van der Waals surface area (Å²) in [5.74, 6) is 1.01. The van der Waals surface area contributed by atoms with Crippen molar-refractivity contribution in [1.29, 1.82) is 0 Å². The molecule has 1 aliphatic heterocycles. The summed E-state index contributed by atoms with van der Waals surface area (Å²) in [5, 5.41) is 2.94. The Morgan fingerprint density at radius 2 is 1.50 bits per heavy atom. The molecule has 0 aliphatic carbocycles. The summed E-state index contributed by atoms with van der Waals surface area (Å²) in [4.78, 5) is 17.1. The quantitative estimate of drug-likeness (QED) is 0.547. The van der Waals surface area contributed by atoms with Crippen molar-refractivity contribution in [2.75, 3.05) is 18.4 Å². The molecule has 0 unspecified atom stereocenters. The number of ether oxygens (including phenoxy) is 1. The zero-order valence-electron chi connectivity index (χ0n) is 19.6. The third-order valence-corrected chi connectivity index (χ3v) is 8.24. The van der Waals surface area contributed by atoms with E-state index in [-0.39, 0.29) is 11.8 Å². The van der Waals surface area contributed by atoms with Gasteiger partial charge in [0.05, 0.1) is 4.90 Å². The lowest BCUT2D eigenvalue weighted by Crippen LogP contribution is -2.41. The molecule has 4 rings (SSSR count). The lowest BCUT2D eigenvalue weighted by Gasteiger charge is -2.31. The standard InChI is InChI=1S/C26H29N3O4S/c1-18-16-19(2)25(20(3)17-18)34(31,32)29-14-10-21(11-15-29)26(30)28-22-4-6-23(7-5-22)33-24-8-12-27-13-9-24/h4-9,12-13,16-17,21H,10-11,14-15H2,1-3H3,(H,28,30). The van der Waals surface area contributed by atoms with Gasteiger partial charge in [0.15, 0.2) is 0 Å². The molecule has 0 bridgehead atoms. The second-order valence-corrected chi connectivity index (χ2v) is 10.6. The number of hydrogen-bond acceptors (Lipinski definition) is 5. The number of hydrogen-bond donors (Lipinski definition) is 1. The molecule has 178 valence electrons. The Hall–Kier alpha value is -3.23. The molecule has 1 aliphatic rings. The van der Waals surface area contributed by atoms with Gasteiger partial charge in [0.25, 0.3) is 0 Å². The number of rotatable bonds is 6. The monoisotopic (exact) mass is 479 g/mol. The fourth-order valence-corrected chi connectivity index (χ4v) is 6.34. The summed E-state index contributed by atoms with van der Waals surface area (Å²) < 4.78 is 33.8. The van der Waals surface area contributed by atoms with E-state index in [0.29, 0.717) is 48.0 Å². The molecule has 0 saturated carbocycles. The van der Waals surface area contributed by atoms with Crippen molar-refractivity contribution in [3.8, 4) is 11.5 Å². The van der Waals surface area contributed by atoms with Crippen molar-refractivity contribution in [3.05, 3.63) is 77.6 Å². The Kier molecular flexibility index (Phi) is 7.00. The molecule has 1 fully saturated rings. The van der Waals surface area contributed by atoms with Crippen LogP contribution in [0.1, 0.15) is 29.5 Å². The van der Waals surface area contributed by atoms with Gasteiger partial charge in [0, 0.05) is 37.1 Å². The van der Waals surface area contributed by atoms with Gasteiger partial charge in [0.2, 0.25) is 15.9 Å². The Morgan fingerprint density at radius 1 is 0.941 bits per heavy atom. The normalized spacial score (nSPS) is 15.1. The molecule has 1 aromatic heterocycles. The van der Waals surface area contributed by atoms with Gasteiger partial charge in [-0.25, -0.2) is 8.42 Å². The largest absolute Gasteiger partial charge is 0.457 e. The Balaban J connectivity index is 1.35. The van der Waals surface area contributed by atoms with E-state index in [0.717, 1.165) is 16.7 Å². The number of nitrogens with one attached hydrogen (secondary N) is 1. The predicted octanol–water partition coefficient (Wildman–Crippen LogP) is 4.84. The van der Waals surface area contributed by atoms with Crippen LogP contribution < -0.4 is 10.1 Å². The van der Waals surface area contributed by atoms with Gasteiger partial charge in [-0.2, -0.15) is 4.31 Å². The molecule has 1 N–H and O–H groups in total. The first-order chi connectivity index (χ1) is 16.2. The zero-order valence-corrected chi connectivity index (χ0v) is 20.4. The van der Waals surface area contributed by atoms with Gasteiger partial charge in [0.1, 0.15) is 11.5 Å². The molecule has 0 radical (unpaired) electrons. The van der Waals surface area contributed by atoms with E-state index < -0.39 is 10.0 Å². The highest BCUT2D eigenvalue weighted by Crippen LogP contribution is 2.29. The fourth-order valence-electron chi connectivity index (χ4n) is 4.45. The number of amides is 1. The summed E-state index contributed by atoms with van der Waals surface area (Å²) >= 11 is 0. The number of carbonyl (C=O) groups is 1. The van der Waals surface area contributed by atoms with Crippen LogP contribution in [0.3, 0.4) is 0 Å². The van der Waals surface area contributed by atoms with Crippen LogP contribution in [0.2, 0.25) is 0 Å². The number of nitrogens with zero attached hydrogens (tertiary/aromatic N) is 2. The van der Waals surface area contributed by atoms with Crippen LogP contribution in [0, 0.1) is 26.7 Å². The van der Waals surface area contributed by atoms with Crippen molar-refractivity contribution in [2.24, 2.45) is 5.92 Å². The molecule has 34 heavy (non-hydrogen) atoms. The topological polar surface area (TPSA) is 88.6 Å². The van der Waals surface area contributed by atoms with Crippen molar-refractivity contribution in [1.82, 2.24) is 9.29 Å². The van der Waals surface area contributed by atoms with Crippen LogP contribution in [0.4, 0.5) is 5.69 Å².